The minimum atomic E-state index is -0.245. The average Bonchev–Trinajstić information content (AvgIpc) is 3.08. The second-order valence-corrected chi connectivity index (χ2v) is 6.84. The first-order chi connectivity index (χ1) is 11.6. The Bertz CT molecular complexity index is 850. The first-order valence-corrected chi connectivity index (χ1v) is 8.84. The zero-order valence-corrected chi connectivity index (χ0v) is 14.7. The van der Waals surface area contributed by atoms with Crippen molar-refractivity contribution in [3.63, 3.8) is 0 Å². The average molecular weight is 340 g/mol. The van der Waals surface area contributed by atoms with Gasteiger partial charge in [0.25, 0.3) is 11.1 Å². The van der Waals surface area contributed by atoms with E-state index in [1.807, 2.05) is 24.3 Å². The maximum Gasteiger partial charge on any atom is 0.293 e. The van der Waals surface area contributed by atoms with E-state index in [0.29, 0.717) is 10.9 Å². The summed E-state index contributed by atoms with van der Waals surface area (Å²) in [4.78, 5) is 26.1. The number of amides is 2. The lowest BCUT2D eigenvalue weighted by molar-refractivity contribution is -0.122. The Morgan fingerprint density at radius 2 is 2.04 bits per heavy atom. The summed E-state index contributed by atoms with van der Waals surface area (Å²) in [6, 6.07) is 8.51. The van der Waals surface area contributed by atoms with Gasteiger partial charge in [0, 0.05) is 35.2 Å². The summed E-state index contributed by atoms with van der Waals surface area (Å²) in [6.07, 6.45) is 6.48. The highest BCUT2D eigenvalue weighted by atomic mass is 32.2. The van der Waals surface area contributed by atoms with Gasteiger partial charge in [-0.15, -0.1) is 6.58 Å². The van der Waals surface area contributed by atoms with Crippen LogP contribution in [0, 0.1) is 0 Å². The quantitative estimate of drug-likeness (QED) is 0.578. The van der Waals surface area contributed by atoms with Crippen molar-refractivity contribution in [1.82, 2.24) is 9.47 Å². The first kappa shape index (κ1) is 16.6. The molecule has 2 heterocycles. The van der Waals surface area contributed by atoms with Gasteiger partial charge in [-0.2, -0.15) is 0 Å². The van der Waals surface area contributed by atoms with Gasteiger partial charge in [0.15, 0.2) is 0 Å². The minimum absolute atomic E-state index is 0.239. The zero-order chi connectivity index (χ0) is 17.3. The number of rotatable bonds is 5. The third-order valence-electron chi connectivity index (χ3n) is 4.31. The molecule has 2 aromatic rings. The lowest BCUT2D eigenvalue weighted by Crippen LogP contribution is -2.27. The van der Waals surface area contributed by atoms with Crippen molar-refractivity contribution in [1.29, 1.82) is 0 Å². The van der Waals surface area contributed by atoms with Crippen LogP contribution in [-0.4, -0.2) is 27.2 Å². The highest BCUT2D eigenvalue weighted by molar-refractivity contribution is 8.18. The lowest BCUT2D eigenvalue weighted by Gasteiger charge is -2.12. The molecule has 5 heteroatoms. The van der Waals surface area contributed by atoms with E-state index in [1.54, 1.807) is 6.08 Å². The monoisotopic (exact) mass is 340 g/mol. The molecule has 1 aromatic heterocycles. The summed E-state index contributed by atoms with van der Waals surface area (Å²) < 4.78 is 2.23. The molecule has 3 rings (SSSR count). The summed E-state index contributed by atoms with van der Waals surface area (Å²) in [5, 5.41) is 0.852. The predicted octanol–water partition coefficient (Wildman–Crippen LogP) is 4.83. The van der Waals surface area contributed by atoms with Crippen LogP contribution in [0.3, 0.4) is 0 Å². The van der Waals surface area contributed by atoms with Gasteiger partial charge in [-0.25, -0.2) is 0 Å². The van der Waals surface area contributed by atoms with Gasteiger partial charge in [0.2, 0.25) is 0 Å². The molecule has 0 saturated carbocycles. The van der Waals surface area contributed by atoms with Gasteiger partial charge < -0.3 is 4.57 Å². The summed E-state index contributed by atoms with van der Waals surface area (Å²) in [6.45, 7) is 8.17. The normalized spacial score (nSPS) is 17.9. The van der Waals surface area contributed by atoms with Gasteiger partial charge in [0.1, 0.15) is 0 Å². The van der Waals surface area contributed by atoms with E-state index in [4.69, 9.17) is 0 Å². The van der Waals surface area contributed by atoms with Gasteiger partial charge in [0.05, 0.1) is 4.91 Å². The third kappa shape index (κ3) is 2.80. The number of carbonyl (C=O) groups is 2. The van der Waals surface area contributed by atoms with Crippen molar-refractivity contribution in [3.8, 4) is 0 Å². The van der Waals surface area contributed by atoms with Crippen LogP contribution < -0.4 is 0 Å². The standard InChI is InChI=1S/C19H20N2O2S/c1-4-10-20-18(22)17(24-19(20)23)11-14-12-21(13(3)5-2)16-9-7-6-8-15(14)16/h4,6-9,11-13H,1,5,10H2,2-3H3/b17-11+/t13-/m1/s1. The topological polar surface area (TPSA) is 42.3 Å². The van der Waals surface area contributed by atoms with Crippen molar-refractivity contribution in [3.05, 3.63) is 53.6 Å². The first-order valence-electron chi connectivity index (χ1n) is 8.02. The number of nitrogens with zero attached hydrogens (tertiary/aromatic N) is 2. The Balaban J connectivity index is 2.06. The van der Waals surface area contributed by atoms with E-state index in [9.17, 15) is 9.59 Å². The number of benzene rings is 1. The summed E-state index contributed by atoms with van der Waals surface area (Å²) in [7, 11) is 0. The van der Waals surface area contributed by atoms with Gasteiger partial charge in [-0.1, -0.05) is 31.2 Å². The van der Waals surface area contributed by atoms with Crippen LogP contribution in [0.5, 0.6) is 0 Å². The molecule has 0 aliphatic carbocycles. The number of thioether (sulfide) groups is 1. The molecule has 1 fully saturated rings. The van der Waals surface area contributed by atoms with Crippen LogP contribution in [0.4, 0.5) is 4.79 Å². The molecular formula is C19H20N2O2S. The maximum absolute atomic E-state index is 12.4. The Kier molecular flexibility index (Phi) is 4.62. The molecule has 4 nitrogen and oxygen atoms in total. The number of aromatic nitrogens is 1. The van der Waals surface area contributed by atoms with Crippen LogP contribution in [0.25, 0.3) is 17.0 Å². The van der Waals surface area contributed by atoms with Crippen LogP contribution in [0.15, 0.2) is 48.0 Å². The van der Waals surface area contributed by atoms with E-state index in [0.717, 1.165) is 34.6 Å². The maximum atomic E-state index is 12.4. The van der Waals surface area contributed by atoms with Crippen molar-refractivity contribution >= 4 is 39.9 Å². The lowest BCUT2D eigenvalue weighted by atomic mass is 10.1. The Morgan fingerprint density at radius 3 is 2.75 bits per heavy atom. The highest BCUT2D eigenvalue weighted by Gasteiger charge is 2.34. The fourth-order valence-electron chi connectivity index (χ4n) is 2.84. The van der Waals surface area contributed by atoms with Crippen molar-refractivity contribution in [2.75, 3.05) is 6.54 Å². The molecule has 0 unspecified atom stereocenters. The second-order valence-electron chi connectivity index (χ2n) is 5.85. The van der Waals surface area contributed by atoms with Crippen LogP contribution in [-0.2, 0) is 4.79 Å². The molecule has 124 valence electrons. The molecule has 1 aliphatic rings. The Morgan fingerprint density at radius 1 is 1.29 bits per heavy atom. The van der Waals surface area contributed by atoms with E-state index in [2.05, 4.69) is 37.3 Å². The molecule has 1 aliphatic heterocycles. The number of imide groups is 1. The molecule has 0 spiro atoms. The number of fused-ring (bicyclic) bond motifs is 1. The number of hydrogen-bond donors (Lipinski definition) is 0. The second kappa shape index (κ2) is 6.69. The summed E-state index contributed by atoms with van der Waals surface area (Å²) >= 11 is 0.990. The van der Waals surface area contributed by atoms with Crippen LogP contribution in [0.1, 0.15) is 31.9 Å². The largest absolute Gasteiger partial charge is 0.344 e. The number of para-hydroxylation sites is 1. The van der Waals surface area contributed by atoms with E-state index in [1.165, 1.54) is 4.90 Å². The number of hydrogen-bond acceptors (Lipinski definition) is 3. The number of carbonyl (C=O) groups excluding carboxylic acids is 2. The van der Waals surface area contributed by atoms with Gasteiger partial charge in [-0.3, -0.25) is 14.5 Å². The highest BCUT2D eigenvalue weighted by Crippen LogP contribution is 2.34. The molecule has 0 radical (unpaired) electrons. The Hall–Kier alpha value is -2.27. The zero-order valence-electron chi connectivity index (χ0n) is 13.9. The minimum Gasteiger partial charge on any atom is -0.344 e. The predicted molar refractivity (Wildman–Crippen MR) is 99.8 cm³/mol. The SMILES string of the molecule is C=CCN1C(=O)S/C(=C/c2cn([C@H](C)CC)c3ccccc23)C1=O. The van der Waals surface area contributed by atoms with E-state index < -0.39 is 0 Å². The van der Waals surface area contributed by atoms with Crippen molar-refractivity contribution in [2.45, 2.75) is 26.3 Å². The molecule has 0 N–H and O–H groups in total. The van der Waals surface area contributed by atoms with Crippen LogP contribution in [0.2, 0.25) is 0 Å². The van der Waals surface area contributed by atoms with Gasteiger partial charge >= 0.3 is 0 Å². The fraction of sp³-hybridized carbons (Fsp3) is 0.263. The molecule has 24 heavy (non-hydrogen) atoms. The Labute approximate surface area is 145 Å². The smallest absolute Gasteiger partial charge is 0.293 e. The third-order valence-corrected chi connectivity index (χ3v) is 5.22. The molecule has 2 amide bonds. The molecule has 0 bridgehead atoms. The molecule has 1 aromatic carbocycles. The van der Waals surface area contributed by atoms with E-state index >= 15 is 0 Å². The molecular weight excluding hydrogens is 320 g/mol. The summed E-state index contributed by atoms with van der Waals surface area (Å²) in [5.41, 5.74) is 2.11. The van der Waals surface area contributed by atoms with E-state index in [-0.39, 0.29) is 17.7 Å². The molecule has 1 saturated heterocycles. The fourth-order valence-corrected chi connectivity index (χ4v) is 3.68. The van der Waals surface area contributed by atoms with Crippen LogP contribution >= 0.6 is 11.8 Å². The van der Waals surface area contributed by atoms with Gasteiger partial charge in [-0.05, 0) is 37.2 Å². The van der Waals surface area contributed by atoms with Crippen molar-refractivity contribution < 1.29 is 9.59 Å². The van der Waals surface area contributed by atoms with Crippen molar-refractivity contribution in [2.24, 2.45) is 0 Å². The summed E-state index contributed by atoms with van der Waals surface area (Å²) in [5.74, 6) is -0.245. The molecule has 1 atom stereocenters.